The summed E-state index contributed by atoms with van der Waals surface area (Å²) in [6.07, 6.45) is 0.479. The number of carbonyl (C=O) groups is 1. The largest absolute Gasteiger partial charge is 0.383 e. The Labute approximate surface area is 88.1 Å². The van der Waals surface area contributed by atoms with Crippen LogP contribution in [0.3, 0.4) is 0 Å². The lowest BCUT2D eigenvalue weighted by Gasteiger charge is -2.16. The minimum Gasteiger partial charge on any atom is -0.383 e. The van der Waals surface area contributed by atoms with Crippen LogP contribution in [0.25, 0.3) is 0 Å². The van der Waals surface area contributed by atoms with Crippen LogP contribution in [0.5, 0.6) is 0 Å². The second-order valence-electron chi connectivity index (χ2n) is 3.47. The SMILES string of the molecule is CN1C(=O)CCNc2ccc(C#N)cc21. The Kier molecular flexibility index (Phi) is 2.30. The molecule has 0 aromatic heterocycles. The third-order valence-electron chi connectivity index (χ3n) is 2.52. The first-order chi connectivity index (χ1) is 7.22. The van der Waals surface area contributed by atoms with E-state index in [4.69, 9.17) is 5.26 Å². The molecular formula is C11H11N3O. The standard InChI is InChI=1S/C11H11N3O/c1-14-10-6-8(7-12)2-3-9(10)13-5-4-11(14)15/h2-3,6,13H,4-5H2,1H3. The summed E-state index contributed by atoms with van der Waals surface area (Å²) in [7, 11) is 1.73. The van der Waals surface area contributed by atoms with Crippen molar-refractivity contribution in [3.63, 3.8) is 0 Å². The Morgan fingerprint density at radius 1 is 1.53 bits per heavy atom. The van der Waals surface area contributed by atoms with Gasteiger partial charge in [-0.25, -0.2) is 0 Å². The second kappa shape index (κ2) is 3.62. The maximum atomic E-state index is 11.6. The Morgan fingerprint density at radius 3 is 3.07 bits per heavy atom. The zero-order valence-corrected chi connectivity index (χ0v) is 8.45. The van der Waals surface area contributed by atoms with Crippen molar-refractivity contribution in [2.24, 2.45) is 0 Å². The van der Waals surface area contributed by atoms with Crippen molar-refractivity contribution >= 4 is 17.3 Å². The third kappa shape index (κ3) is 1.64. The van der Waals surface area contributed by atoms with Crippen molar-refractivity contribution in [2.45, 2.75) is 6.42 Å². The molecule has 0 fully saturated rings. The van der Waals surface area contributed by atoms with Gasteiger partial charge < -0.3 is 10.2 Å². The van der Waals surface area contributed by atoms with Gasteiger partial charge in [0.1, 0.15) is 0 Å². The molecule has 1 N–H and O–H groups in total. The minimum atomic E-state index is 0.0661. The molecule has 1 amide bonds. The van der Waals surface area contributed by atoms with E-state index in [2.05, 4.69) is 11.4 Å². The maximum absolute atomic E-state index is 11.6. The Morgan fingerprint density at radius 2 is 2.33 bits per heavy atom. The summed E-state index contributed by atoms with van der Waals surface area (Å²) in [5, 5.41) is 12.0. The first-order valence-corrected chi connectivity index (χ1v) is 4.77. The van der Waals surface area contributed by atoms with Gasteiger partial charge in [-0.05, 0) is 18.2 Å². The van der Waals surface area contributed by atoms with E-state index in [-0.39, 0.29) is 5.91 Å². The Hall–Kier alpha value is -2.02. The van der Waals surface area contributed by atoms with E-state index in [1.807, 2.05) is 6.07 Å². The molecule has 2 rings (SSSR count). The van der Waals surface area contributed by atoms with E-state index in [1.54, 1.807) is 24.1 Å². The highest BCUT2D eigenvalue weighted by molar-refractivity contribution is 5.98. The molecule has 0 radical (unpaired) electrons. The third-order valence-corrected chi connectivity index (χ3v) is 2.52. The number of hydrogen-bond acceptors (Lipinski definition) is 3. The normalized spacial score (nSPS) is 14.9. The molecule has 1 aromatic rings. The van der Waals surface area contributed by atoms with Crippen LogP contribution in [0.15, 0.2) is 18.2 Å². The van der Waals surface area contributed by atoms with Crippen LogP contribution in [-0.2, 0) is 4.79 Å². The topological polar surface area (TPSA) is 56.1 Å². The van der Waals surface area contributed by atoms with E-state index in [0.717, 1.165) is 11.4 Å². The highest BCUT2D eigenvalue weighted by atomic mass is 16.2. The molecule has 1 aliphatic heterocycles. The van der Waals surface area contributed by atoms with Gasteiger partial charge in [-0.3, -0.25) is 4.79 Å². The summed E-state index contributed by atoms with van der Waals surface area (Å²) in [5.41, 5.74) is 2.25. The molecule has 0 spiro atoms. The van der Waals surface area contributed by atoms with Gasteiger partial charge in [-0.2, -0.15) is 5.26 Å². The van der Waals surface area contributed by atoms with E-state index >= 15 is 0 Å². The molecule has 0 aliphatic carbocycles. The smallest absolute Gasteiger partial charge is 0.228 e. The van der Waals surface area contributed by atoms with Crippen LogP contribution in [0.2, 0.25) is 0 Å². The summed E-state index contributed by atoms with van der Waals surface area (Å²) < 4.78 is 0. The van der Waals surface area contributed by atoms with Gasteiger partial charge in [0.15, 0.2) is 0 Å². The van der Waals surface area contributed by atoms with Crippen molar-refractivity contribution in [1.82, 2.24) is 0 Å². The predicted octanol–water partition coefficient (Wildman–Crippen LogP) is 1.34. The molecule has 0 unspecified atom stereocenters. The van der Waals surface area contributed by atoms with Crippen LogP contribution < -0.4 is 10.2 Å². The van der Waals surface area contributed by atoms with Crippen LogP contribution in [0.4, 0.5) is 11.4 Å². The summed E-state index contributed by atoms with van der Waals surface area (Å²) in [6.45, 7) is 0.641. The van der Waals surface area contributed by atoms with Crippen LogP contribution in [0, 0.1) is 11.3 Å². The summed E-state index contributed by atoms with van der Waals surface area (Å²) in [6, 6.07) is 7.38. The number of benzene rings is 1. The van der Waals surface area contributed by atoms with Crippen molar-refractivity contribution in [2.75, 3.05) is 23.8 Å². The fourth-order valence-electron chi connectivity index (χ4n) is 1.63. The quantitative estimate of drug-likeness (QED) is 0.689. The number of nitrogens with zero attached hydrogens (tertiary/aromatic N) is 2. The predicted molar refractivity (Wildman–Crippen MR) is 57.7 cm³/mol. The fourth-order valence-corrected chi connectivity index (χ4v) is 1.63. The molecule has 1 aromatic carbocycles. The number of hydrogen-bond donors (Lipinski definition) is 1. The van der Waals surface area contributed by atoms with Gasteiger partial charge in [0.2, 0.25) is 5.91 Å². The number of rotatable bonds is 0. The van der Waals surface area contributed by atoms with Crippen molar-refractivity contribution in [3.05, 3.63) is 23.8 Å². The van der Waals surface area contributed by atoms with Crippen molar-refractivity contribution < 1.29 is 4.79 Å². The first-order valence-electron chi connectivity index (χ1n) is 4.77. The van der Waals surface area contributed by atoms with Gasteiger partial charge in [0.05, 0.1) is 23.0 Å². The number of anilines is 2. The zero-order chi connectivity index (χ0) is 10.8. The van der Waals surface area contributed by atoms with E-state index < -0.39 is 0 Å². The molecule has 1 aliphatic rings. The number of amides is 1. The molecule has 76 valence electrons. The summed E-state index contributed by atoms with van der Waals surface area (Å²) in [4.78, 5) is 13.2. The second-order valence-corrected chi connectivity index (χ2v) is 3.47. The molecule has 15 heavy (non-hydrogen) atoms. The van der Waals surface area contributed by atoms with E-state index in [0.29, 0.717) is 18.5 Å². The van der Waals surface area contributed by atoms with Gasteiger partial charge in [0, 0.05) is 20.0 Å². The van der Waals surface area contributed by atoms with Gasteiger partial charge in [-0.1, -0.05) is 0 Å². The van der Waals surface area contributed by atoms with Crippen molar-refractivity contribution in [3.8, 4) is 6.07 Å². The highest BCUT2D eigenvalue weighted by Gasteiger charge is 2.18. The van der Waals surface area contributed by atoms with Crippen LogP contribution >= 0.6 is 0 Å². The Bertz CT molecular complexity index is 448. The van der Waals surface area contributed by atoms with Gasteiger partial charge in [-0.15, -0.1) is 0 Å². The molecule has 1 heterocycles. The zero-order valence-electron chi connectivity index (χ0n) is 8.45. The number of fused-ring (bicyclic) bond motifs is 1. The lowest BCUT2D eigenvalue weighted by atomic mass is 10.2. The van der Waals surface area contributed by atoms with Gasteiger partial charge >= 0.3 is 0 Å². The molecule has 4 nitrogen and oxygen atoms in total. The number of nitriles is 1. The average molecular weight is 201 g/mol. The molecule has 0 saturated carbocycles. The maximum Gasteiger partial charge on any atom is 0.228 e. The molecule has 0 atom stereocenters. The Balaban J connectivity index is 2.51. The molecule has 0 saturated heterocycles. The van der Waals surface area contributed by atoms with Crippen molar-refractivity contribution in [1.29, 1.82) is 5.26 Å². The van der Waals surface area contributed by atoms with Gasteiger partial charge in [0.25, 0.3) is 0 Å². The number of nitrogens with one attached hydrogen (secondary N) is 1. The van der Waals surface area contributed by atoms with Crippen LogP contribution in [0.1, 0.15) is 12.0 Å². The lowest BCUT2D eigenvalue weighted by molar-refractivity contribution is -0.118. The molecule has 0 bridgehead atoms. The molecular weight excluding hydrogens is 190 g/mol. The van der Waals surface area contributed by atoms with E-state index in [9.17, 15) is 4.79 Å². The highest BCUT2D eigenvalue weighted by Crippen LogP contribution is 2.28. The van der Waals surface area contributed by atoms with E-state index in [1.165, 1.54) is 0 Å². The number of carbonyl (C=O) groups excluding carboxylic acids is 1. The lowest BCUT2D eigenvalue weighted by Crippen LogP contribution is -2.25. The summed E-state index contributed by atoms with van der Waals surface area (Å²) in [5.74, 6) is 0.0661. The average Bonchev–Trinajstić information content (AvgIpc) is 2.40. The first kappa shape index (κ1) is 9.53. The minimum absolute atomic E-state index is 0.0661. The summed E-state index contributed by atoms with van der Waals surface area (Å²) >= 11 is 0. The molecule has 4 heteroatoms. The van der Waals surface area contributed by atoms with Crippen LogP contribution in [-0.4, -0.2) is 19.5 Å². The monoisotopic (exact) mass is 201 g/mol. The fraction of sp³-hybridized carbons (Fsp3) is 0.273.